The maximum atomic E-state index is 5.46. The number of ether oxygens (including phenoxy) is 1. The average molecular weight is 323 g/mol. The Morgan fingerprint density at radius 1 is 1.26 bits per heavy atom. The molecule has 102 valence electrons. The quantitative estimate of drug-likeness (QED) is 0.886. The van der Waals surface area contributed by atoms with Crippen LogP contribution in [0.2, 0.25) is 0 Å². The number of hydrogen-bond acceptors (Lipinski definition) is 2. The van der Waals surface area contributed by atoms with E-state index in [1.54, 1.807) is 7.11 Å². The summed E-state index contributed by atoms with van der Waals surface area (Å²) in [6.45, 7) is 8.58. The molecule has 1 N–H and O–H groups in total. The number of hydrogen-bond donors (Lipinski definition) is 1. The zero-order valence-corrected chi connectivity index (χ0v) is 13.6. The Morgan fingerprint density at radius 2 is 1.95 bits per heavy atom. The highest BCUT2D eigenvalue weighted by Gasteiger charge is 2.19. The van der Waals surface area contributed by atoms with Gasteiger partial charge in [-0.3, -0.25) is 5.10 Å². The fraction of sp³-hybridized carbons (Fsp3) is 0.400. The van der Waals surface area contributed by atoms with Crippen LogP contribution in [0.1, 0.15) is 32.0 Å². The highest BCUT2D eigenvalue weighted by Crippen LogP contribution is 2.37. The Balaban J connectivity index is 2.63. The lowest BCUT2D eigenvalue weighted by atomic mass is 9.85. The molecule has 0 amide bonds. The number of H-pyrrole nitrogens is 1. The standard InChI is InChI=1S/C15H19BrN2O/c1-9-13(16)14(18-17-9)11-8-10(15(2,3)4)6-7-12(11)19-5/h6-8H,1-5H3,(H,17,18). The summed E-state index contributed by atoms with van der Waals surface area (Å²) in [5.74, 6) is 0.834. The molecule has 0 saturated carbocycles. The molecule has 0 unspecified atom stereocenters. The lowest BCUT2D eigenvalue weighted by Gasteiger charge is -2.20. The Bertz CT molecular complexity index is 597. The molecule has 0 radical (unpaired) electrons. The van der Waals surface area contributed by atoms with Crippen molar-refractivity contribution in [2.75, 3.05) is 7.11 Å². The molecular weight excluding hydrogens is 304 g/mol. The van der Waals surface area contributed by atoms with E-state index in [4.69, 9.17) is 4.74 Å². The molecule has 0 spiro atoms. The fourth-order valence-electron chi connectivity index (χ4n) is 1.95. The van der Waals surface area contributed by atoms with Crippen molar-refractivity contribution in [3.63, 3.8) is 0 Å². The molecular formula is C15H19BrN2O. The molecule has 19 heavy (non-hydrogen) atoms. The van der Waals surface area contributed by atoms with Crippen LogP contribution in [0, 0.1) is 6.92 Å². The molecule has 0 saturated heterocycles. The molecule has 1 heterocycles. The van der Waals surface area contributed by atoms with Gasteiger partial charge >= 0.3 is 0 Å². The van der Waals surface area contributed by atoms with Crippen LogP contribution >= 0.6 is 15.9 Å². The van der Waals surface area contributed by atoms with Crippen LogP contribution < -0.4 is 4.74 Å². The third-order valence-corrected chi connectivity index (χ3v) is 4.16. The highest BCUT2D eigenvalue weighted by atomic mass is 79.9. The summed E-state index contributed by atoms with van der Waals surface area (Å²) in [7, 11) is 1.68. The molecule has 3 nitrogen and oxygen atoms in total. The summed E-state index contributed by atoms with van der Waals surface area (Å²) in [6, 6.07) is 6.27. The van der Waals surface area contributed by atoms with E-state index in [0.29, 0.717) is 0 Å². The first-order chi connectivity index (χ1) is 8.84. The van der Waals surface area contributed by atoms with Crippen molar-refractivity contribution < 1.29 is 4.74 Å². The molecule has 0 atom stereocenters. The van der Waals surface area contributed by atoms with Crippen LogP contribution in [0.25, 0.3) is 11.3 Å². The second-order valence-electron chi connectivity index (χ2n) is 5.68. The van der Waals surface area contributed by atoms with Gasteiger partial charge < -0.3 is 4.74 Å². The molecule has 0 fully saturated rings. The number of rotatable bonds is 2. The highest BCUT2D eigenvalue weighted by molar-refractivity contribution is 9.10. The first-order valence-corrected chi connectivity index (χ1v) is 7.03. The lowest BCUT2D eigenvalue weighted by Crippen LogP contribution is -2.11. The monoisotopic (exact) mass is 322 g/mol. The predicted molar refractivity (Wildman–Crippen MR) is 81.7 cm³/mol. The molecule has 0 aliphatic rings. The molecule has 0 aliphatic heterocycles. The zero-order chi connectivity index (χ0) is 14.2. The molecule has 1 aromatic heterocycles. The summed E-state index contributed by atoms with van der Waals surface area (Å²) in [5, 5.41) is 7.36. The summed E-state index contributed by atoms with van der Waals surface area (Å²) in [5.41, 5.74) is 4.26. The largest absolute Gasteiger partial charge is 0.496 e. The second kappa shape index (κ2) is 5.00. The van der Waals surface area contributed by atoms with Crippen LogP contribution in [0.3, 0.4) is 0 Å². The van der Waals surface area contributed by atoms with Gasteiger partial charge in [0.1, 0.15) is 11.4 Å². The Labute approximate surface area is 122 Å². The smallest absolute Gasteiger partial charge is 0.128 e. The predicted octanol–water partition coefficient (Wildman–Crippen LogP) is 4.45. The fourth-order valence-corrected chi connectivity index (χ4v) is 2.34. The number of aryl methyl sites for hydroxylation is 1. The van der Waals surface area contributed by atoms with Crippen molar-refractivity contribution >= 4 is 15.9 Å². The lowest BCUT2D eigenvalue weighted by molar-refractivity contribution is 0.415. The van der Waals surface area contributed by atoms with Crippen LogP contribution in [0.4, 0.5) is 0 Å². The third kappa shape index (κ3) is 2.68. The van der Waals surface area contributed by atoms with Gasteiger partial charge in [0.2, 0.25) is 0 Å². The van der Waals surface area contributed by atoms with Gasteiger partial charge in [-0.2, -0.15) is 5.10 Å². The number of benzene rings is 1. The van der Waals surface area contributed by atoms with Gasteiger partial charge in [-0.25, -0.2) is 0 Å². The SMILES string of the molecule is COc1ccc(C(C)(C)C)cc1-c1n[nH]c(C)c1Br. The number of nitrogens with one attached hydrogen (secondary N) is 1. The summed E-state index contributed by atoms with van der Waals surface area (Å²) >= 11 is 3.58. The van der Waals surface area contributed by atoms with Crippen molar-refractivity contribution in [1.82, 2.24) is 10.2 Å². The second-order valence-corrected chi connectivity index (χ2v) is 6.47. The number of halogens is 1. The Kier molecular flexibility index (Phi) is 3.72. The minimum Gasteiger partial charge on any atom is -0.496 e. The van der Waals surface area contributed by atoms with Gasteiger partial charge in [0, 0.05) is 11.3 Å². The molecule has 1 aromatic carbocycles. The van der Waals surface area contributed by atoms with Gasteiger partial charge in [-0.1, -0.05) is 26.8 Å². The minimum atomic E-state index is 0.0961. The third-order valence-electron chi connectivity index (χ3n) is 3.19. The van der Waals surface area contributed by atoms with Crippen LogP contribution in [0.5, 0.6) is 5.75 Å². The van der Waals surface area contributed by atoms with Crippen molar-refractivity contribution in [2.45, 2.75) is 33.1 Å². The summed E-state index contributed by atoms with van der Waals surface area (Å²) in [4.78, 5) is 0. The Hall–Kier alpha value is -1.29. The number of aromatic amines is 1. The maximum absolute atomic E-state index is 5.46. The molecule has 2 rings (SSSR count). The Morgan fingerprint density at radius 3 is 2.42 bits per heavy atom. The van der Waals surface area contributed by atoms with E-state index in [9.17, 15) is 0 Å². The van der Waals surface area contributed by atoms with Crippen molar-refractivity contribution in [3.8, 4) is 17.0 Å². The molecule has 0 bridgehead atoms. The molecule has 4 heteroatoms. The number of aromatic nitrogens is 2. The van der Waals surface area contributed by atoms with Crippen molar-refractivity contribution in [3.05, 3.63) is 33.9 Å². The molecule has 2 aromatic rings. The van der Waals surface area contributed by atoms with E-state index in [-0.39, 0.29) is 5.41 Å². The average Bonchev–Trinajstić information content (AvgIpc) is 2.68. The molecule has 0 aliphatic carbocycles. The minimum absolute atomic E-state index is 0.0961. The van der Waals surface area contributed by atoms with Crippen LogP contribution in [0.15, 0.2) is 22.7 Å². The number of nitrogens with zero attached hydrogens (tertiary/aromatic N) is 1. The van der Waals surface area contributed by atoms with E-state index >= 15 is 0 Å². The van der Waals surface area contributed by atoms with E-state index in [1.165, 1.54) is 5.56 Å². The van der Waals surface area contributed by atoms with Gasteiger partial charge in [0.25, 0.3) is 0 Å². The van der Waals surface area contributed by atoms with E-state index in [0.717, 1.165) is 27.2 Å². The van der Waals surface area contributed by atoms with Crippen LogP contribution in [-0.2, 0) is 5.41 Å². The van der Waals surface area contributed by atoms with E-state index in [1.807, 2.05) is 13.0 Å². The normalized spacial score (nSPS) is 11.7. The summed E-state index contributed by atoms with van der Waals surface area (Å²) < 4.78 is 6.44. The maximum Gasteiger partial charge on any atom is 0.128 e. The van der Waals surface area contributed by atoms with E-state index < -0.39 is 0 Å². The topological polar surface area (TPSA) is 37.9 Å². The van der Waals surface area contributed by atoms with Crippen molar-refractivity contribution in [1.29, 1.82) is 0 Å². The first kappa shape index (κ1) is 14.1. The van der Waals surface area contributed by atoms with Gasteiger partial charge in [-0.05, 0) is 46.0 Å². The number of methoxy groups -OCH3 is 1. The van der Waals surface area contributed by atoms with Crippen LogP contribution in [-0.4, -0.2) is 17.3 Å². The van der Waals surface area contributed by atoms with Gasteiger partial charge in [0.05, 0.1) is 11.6 Å². The zero-order valence-electron chi connectivity index (χ0n) is 12.0. The summed E-state index contributed by atoms with van der Waals surface area (Å²) in [6.07, 6.45) is 0. The van der Waals surface area contributed by atoms with E-state index in [2.05, 4.69) is 59.0 Å². The first-order valence-electron chi connectivity index (χ1n) is 6.24. The van der Waals surface area contributed by atoms with Gasteiger partial charge in [-0.15, -0.1) is 0 Å². The van der Waals surface area contributed by atoms with Gasteiger partial charge in [0.15, 0.2) is 0 Å². The van der Waals surface area contributed by atoms with Crippen molar-refractivity contribution in [2.24, 2.45) is 0 Å².